The normalized spacial score (nSPS) is 12.8. The standard InChI is InChI=1S/C13H16N2O3/c1-8(7-14)5-11(16)9-3-4-10-12(6-9)18-13(17)15(10)2/h3-4,6,8H,5,7,14H2,1-2H3. The number of rotatable bonds is 4. The van der Waals surface area contributed by atoms with Crippen LogP contribution in [-0.4, -0.2) is 16.9 Å². The molecule has 0 saturated heterocycles. The van der Waals surface area contributed by atoms with Crippen molar-refractivity contribution >= 4 is 16.9 Å². The lowest BCUT2D eigenvalue weighted by Crippen LogP contribution is -2.15. The van der Waals surface area contributed by atoms with Crippen LogP contribution in [0.2, 0.25) is 0 Å². The van der Waals surface area contributed by atoms with Crippen LogP contribution in [0, 0.1) is 5.92 Å². The second-order valence-corrected chi connectivity index (χ2v) is 4.58. The quantitative estimate of drug-likeness (QED) is 0.827. The molecule has 2 rings (SSSR count). The zero-order valence-electron chi connectivity index (χ0n) is 10.5. The zero-order chi connectivity index (χ0) is 13.3. The molecule has 5 heteroatoms. The predicted octanol–water partition coefficient (Wildman–Crippen LogP) is 1.30. The van der Waals surface area contributed by atoms with E-state index in [1.807, 2.05) is 6.92 Å². The summed E-state index contributed by atoms with van der Waals surface area (Å²) < 4.78 is 6.46. The van der Waals surface area contributed by atoms with Crippen molar-refractivity contribution in [3.8, 4) is 0 Å². The van der Waals surface area contributed by atoms with E-state index >= 15 is 0 Å². The molecule has 1 unspecified atom stereocenters. The number of Topliss-reactive ketones (excluding diaryl/α,β-unsaturated/α-hetero) is 1. The van der Waals surface area contributed by atoms with Gasteiger partial charge >= 0.3 is 5.76 Å². The Bertz CT molecular complexity index is 639. The van der Waals surface area contributed by atoms with Crippen LogP contribution in [-0.2, 0) is 7.05 Å². The van der Waals surface area contributed by atoms with Crippen LogP contribution < -0.4 is 11.5 Å². The number of ketones is 1. The average molecular weight is 248 g/mol. The van der Waals surface area contributed by atoms with E-state index in [4.69, 9.17) is 10.2 Å². The minimum atomic E-state index is -0.426. The van der Waals surface area contributed by atoms with E-state index < -0.39 is 5.76 Å². The Morgan fingerprint density at radius 1 is 1.50 bits per heavy atom. The first-order valence-electron chi connectivity index (χ1n) is 5.85. The molecule has 96 valence electrons. The Balaban J connectivity index is 2.36. The number of hydrogen-bond acceptors (Lipinski definition) is 4. The van der Waals surface area contributed by atoms with Crippen molar-refractivity contribution in [3.63, 3.8) is 0 Å². The van der Waals surface area contributed by atoms with Gasteiger partial charge < -0.3 is 10.2 Å². The molecular weight excluding hydrogens is 232 g/mol. The molecule has 1 aromatic heterocycles. The maximum atomic E-state index is 12.0. The third-order valence-corrected chi connectivity index (χ3v) is 3.05. The topological polar surface area (TPSA) is 78.2 Å². The van der Waals surface area contributed by atoms with E-state index in [0.717, 1.165) is 0 Å². The van der Waals surface area contributed by atoms with E-state index in [1.165, 1.54) is 4.57 Å². The van der Waals surface area contributed by atoms with Gasteiger partial charge in [0.15, 0.2) is 11.4 Å². The number of carbonyl (C=O) groups is 1. The van der Waals surface area contributed by atoms with Crippen molar-refractivity contribution in [2.45, 2.75) is 13.3 Å². The van der Waals surface area contributed by atoms with Gasteiger partial charge in [0.25, 0.3) is 0 Å². The molecule has 0 spiro atoms. The number of oxazole rings is 1. The highest BCUT2D eigenvalue weighted by molar-refractivity contribution is 5.98. The van der Waals surface area contributed by atoms with Crippen molar-refractivity contribution < 1.29 is 9.21 Å². The first-order valence-corrected chi connectivity index (χ1v) is 5.85. The molecule has 0 fully saturated rings. The van der Waals surface area contributed by atoms with Gasteiger partial charge in [-0.15, -0.1) is 0 Å². The van der Waals surface area contributed by atoms with Crippen LogP contribution in [0.3, 0.4) is 0 Å². The second kappa shape index (κ2) is 4.78. The summed E-state index contributed by atoms with van der Waals surface area (Å²) in [5.41, 5.74) is 7.17. The number of carbonyl (C=O) groups excluding carboxylic acids is 1. The third-order valence-electron chi connectivity index (χ3n) is 3.05. The first-order chi connectivity index (χ1) is 8.52. The maximum absolute atomic E-state index is 12.0. The second-order valence-electron chi connectivity index (χ2n) is 4.58. The summed E-state index contributed by atoms with van der Waals surface area (Å²) in [6.07, 6.45) is 0.402. The highest BCUT2D eigenvalue weighted by Crippen LogP contribution is 2.16. The molecule has 2 aromatic rings. The number of aryl methyl sites for hydroxylation is 1. The smallest absolute Gasteiger partial charge is 0.408 e. The van der Waals surface area contributed by atoms with E-state index in [1.54, 1.807) is 25.2 Å². The van der Waals surface area contributed by atoms with E-state index in [0.29, 0.717) is 29.6 Å². The fourth-order valence-corrected chi connectivity index (χ4v) is 1.82. The summed E-state index contributed by atoms with van der Waals surface area (Å²) in [5.74, 6) is -0.262. The molecule has 0 radical (unpaired) electrons. The lowest BCUT2D eigenvalue weighted by Gasteiger charge is -2.06. The SMILES string of the molecule is CC(CN)CC(=O)c1ccc2c(c1)oc(=O)n2C. The maximum Gasteiger partial charge on any atom is 0.419 e. The monoisotopic (exact) mass is 248 g/mol. The number of hydrogen-bond donors (Lipinski definition) is 1. The van der Waals surface area contributed by atoms with Crippen LogP contribution in [0.4, 0.5) is 0 Å². The van der Waals surface area contributed by atoms with Crippen LogP contribution in [0.15, 0.2) is 27.4 Å². The Hall–Kier alpha value is -1.88. The molecule has 2 N–H and O–H groups in total. The molecule has 5 nitrogen and oxygen atoms in total. The van der Waals surface area contributed by atoms with Gasteiger partial charge in [-0.2, -0.15) is 0 Å². The number of nitrogens with zero attached hydrogens (tertiary/aromatic N) is 1. The van der Waals surface area contributed by atoms with Crippen molar-refractivity contribution in [3.05, 3.63) is 34.3 Å². The van der Waals surface area contributed by atoms with Gasteiger partial charge in [-0.1, -0.05) is 6.92 Å². The van der Waals surface area contributed by atoms with Gasteiger partial charge in [0.1, 0.15) is 0 Å². The molecule has 0 aliphatic heterocycles. The Labute approximate surface area is 104 Å². The first kappa shape index (κ1) is 12.6. The van der Waals surface area contributed by atoms with Crippen LogP contribution in [0.25, 0.3) is 11.1 Å². The largest absolute Gasteiger partial charge is 0.419 e. The summed E-state index contributed by atoms with van der Waals surface area (Å²) in [7, 11) is 1.63. The summed E-state index contributed by atoms with van der Waals surface area (Å²) >= 11 is 0. The highest BCUT2D eigenvalue weighted by Gasteiger charge is 2.13. The fraction of sp³-hybridized carbons (Fsp3) is 0.385. The molecule has 0 bridgehead atoms. The highest BCUT2D eigenvalue weighted by atomic mass is 16.4. The van der Waals surface area contributed by atoms with Gasteiger partial charge in [0.05, 0.1) is 5.52 Å². The number of aromatic nitrogens is 1. The van der Waals surface area contributed by atoms with Crippen LogP contribution in [0.1, 0.15) is 23.7 Å². The van der Waals surface area contributed by atoms with Crippen molar-refractivity contribution in [1.82, 2.24) is 4.57 Å². The van der Waals surface area contributed by atoms with Gasteiger partial charge in [-0.25, -0.2) is 4.79 Å². The van der Waals surface area contributed by atoms with Crippen LogP contribution in [0.5, 0.6) is 0 Å². The Morgan fingerprint density at radius 2 is 2.22 bits per heavy atom. The lowest BCUT2D eigenvalue weighted by molar-refractivity contribution is 0.0966. The minimum Gasteiger partial charge on any atom is -0.408 e. The lowest BCUT2D eigenvalue weighted by atomic mass is 10.00. The van der Waals surface area contributed by atoms with Gasteiger partial charge in [-0.3, -0.25) is 9.36 Å². The van der Waals surface area contributed by atoms with Gasteiger partial charge in [0.2, 0.25) is 0 Å². The molecule has 18 heavy (non-hydrogen) atoms. The Kier molecular flexibility index (Phi) is 3.34. The molecule has 1 heterocycles. The van der Waals surface area contributed by atoms with E-state index in [2.05, 4.69) is 0 Å². The van der Waals surface area contributed by atoms with Gasteiger partial charge in [0, 0.05) is 19.0 Å². The van der Waals surface area contributed by atoms with E-state index in [-0.39, 0.29) is 11.7 Å². The summed E-state index contributed by atoms with van der Waals surface area (Å²) in [4.78, 5) is 23.3. The predicted molar refractivity (Wildman–Crippen MR) is 68.6 cm³/mol. The van der Waals surface area contributed by atoms with Gasteiger partial charge in [-0.05, 0) is 30.7 Å². The number of fused-ring (bicyclic) bond motifs is 1. The number of benzene rings is 1. The Morgan fingerprint density at radius 3 is 2.89 bits per heavy atom. The molecule has 0 amide bonds. The van der Waals surface area contributed by atoms with Crippen molar-refractivity contribution in [1.29, 1.82) is 0 Å². The zero-order valence-corrected chi connectivity index (χ0v) is 10.5. The fourth-order valence-electron chi connectivity index (χ4n) is 1.82. The average Bonchev–Trinajstić information content (AvgIpc) is 2.64. The summed E-state index contributed by atoms with van der Waals surface area (Å²) in [5, 5.41) is 0. The molecule has 1 atom stereocenters. The van der Waals surface area contributed by atoms with Crippen LogP contribution >= 0.6 is 0 Å². The summed E-state index contributed by atoms with van der Waals surface area (Å²) in [6.45, 7) is 2.41. The molecular formula is C13H16N2O3. The minimum absolute atomic E-state index is 0.0151. The van der Waals surface area contributed by atoms with Crippen molar-refractivity contribution in [2.24, 2.45) is 18.7 Å². The molecule has 1 aromatic carbocycles. The molecule has 0 aliphatic carbocycles. The summed E-state index contributed by atoms with van der Waals surface area (Å²) in [6, 6.07) is 5.05. The molecule has 0 aliphatic rings. The van der Waals surface area contributed by atoms with Crippen molar-refractivity contribution in [2.75, 3.05) is 6.54 Å². The molecule has 0 saturated carbocycles. The third kappa shape index (κ3) is 2.22. The number of nitrogens with two attached hydrogens (primary N) is 1. The van der Waals surface area contributed by atoms with E-state index in [9.17, 15) is 9.59 Å².